The Labute approximate surface area is 87.7 Å². The van der Waals surface area contributed by atoms with Gasteiger partial charge in [-0.3, -0.25) is 0 Å². The van der Waals surface area contributed by atoms with E-state index < -0.39 is 0 Å². The largest absolute Gasteiger partial charge is 0.392 e. The van der Waals surface area contributed by atoms with Gasteiger partial charge in [-0.15, -0.1) is 0 Å². The average Bonchev–Trinajstić information content (AvgIpc) is 1.99. The maximum Gasteiger partial charge on any atom is 0.136 e. The number of pyridine rings is 1. The smallest absolute Gasteiger partial charge is 0.136 e. The molecule has 5 heteroatoms. The van der Waals surface area contributed by atoms with Crippen molar-refractivity contribution in [2.45, 2.75) is 6.61 Å². The van der Waals surface area contributed by atoms with E-state index >= 15 is 0 Å². The lowest BCUT2D eigenvalue weighted by Gasteiger charge is -2.02. The summed E-state index contributed by atoms with van der Waals surface area (Å²) >= 11 is 13.5. The van der Waals surface area contributed by atoms with Crippen LogP contribution in [0.15, 0.2) is 6.20 Å². The van der Waals surface area contributed by atoms with Gasteiger partial charge >= 0.3 is 0 Å². The molecule has 0 spiro atoms. The third-order valence-electron chi connectivity index (χ3n) is 1.17. The van der Waals surface area contributed by atoms with Crippen LogP contribution in [0.3, 0.4) is 0 Å². The first kappa shape index (κ1) is 9.51. The van der Waals surface area contributed by atoms with Crippen LogP contribution < -0.4 is 0 Å². The highest BCUT2D eigenvalue weighted by Crippen LogP contribution is 2.26. The molecule has 0 amide bonds. The highest BCUT2D eigenvalue weighted by Gasteiger charge is 2.08. The summed E-state index contributed by atoms with van der Waals surface area (Å²) in [5, 5.41) is 9.55. The van der Waals surface area contributed by atoms with Crippen LogP contribution in [0.4, 0.5) is 0 Å². The van der Waals surface area contributed by atoms with Gasteiger partial charge in [-0.25, -0.2) is 4.98 Å². The van der Waals surface area contributed by atoms with E-state index in [-0.39, 0.29) is 11.8 Å². The summed E-state index contributed by atoms with van der Waals surface area (Å²) in [7, 11) is 0. The number of hydrogen-bond acceptors (Lipinski definition) is 2. The van der Waals surface area contributed by atoms with E-state index in [4.69, 9.17) is 28.3 Å². The Kier molecular flexibility index (Phi) is 3.36. The zero-order valence-electron chi connectivity index (χ0n) is 5.31. The normalized spacial score (nSPS) is 10.2. The molecule has 60 valence electrons. The van der Waals surface area contributed by atoms with Gasteiger partial charge in [0.15, 0.2) is 0 Å². The van der Waals surface area contributed by atoms with Crippen molar-refractivity contribution in [2.24, 2.45) is 0 Å². The molecule has 0 saturated carbocycles. The lowest BCUT2D eigenvalue weighted by molar-refractivity contribution is 0.281. The molecule has 0 fully saturated rings. The summed E-state index contributed by atoms with van der Waals surface area (Å²) < 4.78 is 0.790. The minimum Gasteiger partial charge on any atom is -0.392 e. The molecular weight excluding hydrogens is 300 g/mol. The Bertz CT molecular complexity index is 280. The molecule has 0 aliphatic rings. The maximum atomic E-state index is 8.81. The summed E-state index contributed by atoms with van der Waals surface area (Å²) in [6.45, 7) is -0.179. The van der Waals surface area contributed by atoms with Crippen molar-refractivity contribution in [2.75, 3.05) is 0 Å². The summed E-state index contributed by atoms with van der Waals surface area (Å²) in [5.74, 6) is 0. The molecule has 0 unspecified atom stereocenters. The van der Waals surface area contributed by atoms with Crippen LogP contribution in [0.2, 0.25) is 10.2 Å². The van der Waals surface area contributed by atoms with E-state index in [0.717, 1.165) is 3.57 Å². The van der Waals surface area contributed by atoms with E-state index in [1.54, 1.807) is 6.20 Å². The average molecular weight is 304 g/mol. The fourth-order valence-corrected chi connectivity index (χ4v) is 1.53. The first-order valence-electron chi connectivity index (χ1n) is 2.76. The molecule has 0 aliphatic heterocycles. The molecule has 0 radical (unpaired) electrons. The highest BCUT2D eigenvalue weighted by molar-refractivity contribution is 14.1. The molecule has 1 N–H and O–H groups in total. The van der Waals surface area contributed by atoms with Gasteiger partial charge in [-0.1, -0.05) is 23.2 Å². The van der Waals surface area contributed by atoms with Gasteiger partial charge < -0.3 is 5.11 Å². The van der Waals surface area contributed by atoms with Crippen LogP contribution in [0.5, 0.6) is 0 Å². The van der Waals surface area contributed by atoms with Crippen LogP contribution in [0.1, 0.15) is 5.56 Å². The van der Waals surface area contributed by atoms with Crippen molar-refractivity contribution in [3.8, 4) is 0 Å². The number of nitrogens with zero attached hydrogens (tertiary/aromatic N) is 1. The number of aromatic nitrogens is 1. The summed E-state index contributed by atoms with van der Waals surface area (Å²) in [4.78, 5) is 3.82. The summed E-state index contributed by atoms with van der Waals surface area (Å²) in [5.41, 5.74) is 0.486. The quantitative estimate of drug-likeness (QED) is 0.639. The number of rotatable bonds is 1. The minimum atomic E-state index is -0.179. The van der Waals surface area contributed by atoms with E-state index in [0.29, 0.717) is 10.6 Å². The van der Waals surface area contributed by atoms with E-state index in [2.05, 4.69) is 4.98 Å². The zero-order valence-corrected chi connectivity index (χ0v) is 8.98. The minimum absolute atomic E-state index is 0.179. The zero-order chi connectivity index (χ0) is 8.43. The standard InChI is InChI=1S/C6H4Cl2INO/c7-5-3(2-11)6(8)10-1-4(5)9/h1,11H,2H2. The highest BCUT2D eigenvalue weighted by atomic mass is 127. The molecule has 0 aromatic carbocycles. The monoisotopic (exact) mass is 303 g/mol. The molecule has 1 aromatic rings. The van der Waals surface area contributed by atoms with Gasteiger partial charge in [0, 0.05) is 11.8 Å². The van der Waals surface area contributed by atoms with Crippen LogP contribution in [0, 0.1) is 3.57 Å². The van der Waals surface area contributed by atoms with Gasteiger partial charge in [0.1, 0.15) is 5.15 Å². The van der Waals surface area contributed by atoms with Crippen LogP contribution >= 0.6 is 45.8 Å². The Morgan fingerprint density at radius 2 is 2.18 bits per heavy atom. The lowest BCUT2D eigenvalue weighted by atomic mass is 10.3. The Morgan fingerprint density at radius 1 is 1.55 bits per heavy atom. The molecule has 0 atom stereocenters. The van der Waals surface area contributed by atoms with Crippen molar-refractivity contribution in [1.82, 2.24) is 4.98 Å². The molecule has 0 bridgehead atoms. The molecular formula is C6H4Cl2INO. The third-order valence-corrected chi connectivity index (χ3v) is 3.07. The molecule has 11 heavy (non-hydrogen) atoms. The van der Waals surface area contributed by atoms with Crippen LogP contribution in [-0.2, 0) is 6.61 Å². The number of hydrogen-bond donors (Lipinski definition) is 1. The predicted molar refractivity (Wildman–Crippen MR) is 52.9 cm³/mol. The molecule has 0 aliphatic carbocycles. The van der Waals surface area contributed by atoms with Crippen molar-refractivity contribution in [1.29, 1.82) is 0 Å². The molecule has 1 rings (SSSR count). The Balaban J connectivity index is 3.29. The van der Waals surface area contributed by atoms with E-state index in [1.165, 1.54) is 0 Å². The first-order chi connectivity index (χ1) is 5.16. The van der Waals surface area contributed by atoms with Gasteiger partial charge in [0.05, 0.1) is 15.2 Å². The van der Waals surface area contributed by atoms with Crippen LogP contribution in [-0.4, -0.2) is 10.1 Å². The second kappa shape index (κ2) is 3.89. The number of aliphatic hydroxyl groups excluding tert-OH is 1. The van der Waals surface area contributed by atoms with Crippen molar-refractivity contribution >= 4 is 45.8 Å². The van der Waals surface area contributed by atoms with E-state index in [9.17, 15) is 0 Å². The number of halogens is 3. The maximum absolute atomic E-state index is 8.81. The first-order valence-corrected chi connectivity index (χ1v) is 4.59. The topological polar surface area (TPSA) is 33.1 Å². The van der Waals surface area contributed by atoms with Gasteiger partial charge in [-0.2, -0.15) is 0 Å². The van der Waals surface area contributed by atoms with Crippen molar-refractivity contribution < 1.29 is 5.11 Å². The fourth-order valence-electron chi connectivity index (χ4n) is 0.617. The number of aliphatic hydroxyl groups is 1. The fraction of sp³-hybridized carbons (Fsp3) is 0.167. The van der Waals surface area contributed by atoms with Crippen LogP contribution in [0.25, 0.3) is 0 Å². The van der Waals surface area contributed by atoms with Gasteiger partial charge in [-0.05, 0) is 22.6 Å². The van der Waals surface area contributed by atoms with Crippen molar-refractivity contribution in [3.05, 3.63) is 25.5 Å². The molecule has 1 aromatic heterocycles. The molecule has 2 nitrogen and oxygen atoms in total. The Morgan fingerprint density at radius 3 is 2.64 bits per heavy atom. The van der Waals surface area contributed by atoms with Gasteiger partial charge in [0.25, 0.3) is 0 Å². The molecule has 1 heterocycles. The lowest BCUT2D eigenvalue weighted by Crippen LogP contribution is -1.92. The Hall–Kier alpha value is 0.420. The van der Waals surface area contributed by atoms with Gasteiger partial charge in [0.2, 0.25) is 0 Å². The third kappa shape index (κ3) is 1.96. The van der Waals surface area contributed by atoms with Crippen molar-refractivity contribution in [3.63, 3.8) is 0 Å². The summed E-state index contributed by atoms with van der Waals surface area (Å²) in [6, 6.07) is 0. The second-order valence-corrected chi connectivity index (χ2v) is 3.75. The SMILES string of the molecule is OCc1c(Cl)ncc(I)c1Cl. The molecule has 0 saturated heterocycles. The summed E-state index contributed by atoms with van der Waals surface area (Å²) in [6.07, 6.45) is 1.56. The second-order valence-electron chi connectivity index (χ2n) is 1.85. The predicted octanol–water partition coefficient (Wildman–Crippen LogP) is 2.49. The van der Waals surface area contributed by atoms with E-state index in [1.807, 2.05) is 22.6 Å².